The van der Waals surface area contributed by atoms with Crippen molar-refractivity contribution in [2.24, 2.45) is 5.41 Å². The smallest absolute Gasteiger partial charge is 0.280 e. The van der Waals surface area contributed by atoms with Crippen LogP contribution in [0.2, 0.25) is 0 Å². The maximum Gasteiger partial charge on any atom is 0.280 e. The predicted molar refractivity (Wildman–Crippen MR) is 204 cm³/mol. The molecule has 7 heterocycles. The summed E-state index contributed by atoms with van der Waals surface area (Å²) in [5, 5.41) is 14.0. The number of rotatable bonds is 8. The second-order valence-corrected chi connectivity index (χ2v) is 14.7. The Labute approximate surface area is 303 Å². The van der Waals surface area contributed by atoms with Crippen molar-refractivity contribution in [3.8, 4) is 16.9 Å². The van der Waals surface area contributed by atoms with Crippen molar-refractivity contribution in [1.82, 2.24) is 28.4 Å². The molecule has 13 heteroatoms. The van der Waals surface area contributed by atoms with Crippen molar-refractivity contribution in [2.45, 2.75) is 65.8 Å². The Morgan fingerprint density at radius 1 is 1.04 bits per heavy atom. The summed E-state index contributed by atoms with van der Waals surface area (Å²) in [6.45, 7) is 13.3. The van der Waals surface area contributed by atoms with Gasteiger partial charge in [0.25, 0.3) is 11.1 Å². The molecule has 0 aromatic carbocycles. The van der Waals surface area contributed by atoms with Crippen LogP contribution < -0.4 is 21.3 Å². The van der Waals surface area contributed by atoms with Crippen LogP contribution in [-0.4, -0.2) is 78.4 Å². The van der Waals surface area contributed by atoms with Gasteiger partial charge in [-0.05, 0) is 73.6 Å². The number of nitrogens with zero attached hydrogens (tertiary/aromatic N) is 7. The molecule has 2 N–H and O–H groups in total. The topological polar surface area (TPSA) is 122 Å². The van der Waals surface area contributed by atoms with Crippen LogP contribution in [0.4, 0.5) is 17.2 Å². The molecule has 2 fully saturated rings. The second-order valence-electron chi connectivity index (χ2n) is 14.7. The van der Waals surface area contributed by atoms with E-state index in [-0.39, 0.29) is 36.6 Å². The molecule has 0 amide bonds. The molecule has 0 unspecified atom stereocenters. The molecular weight excluding hydrogens is 665 g/mol. The van der Waals surface area contributed by atoms with Gasteiger partial charge in [0.1, 0.15) is 22.8 Å². The lowest BCUT2D eigenvalue weighted by Gasteiger charge is -2.46. The summed E-state index contributed by atoms with van der Waals surface area (Å²) in [6, 6.07) is 10.4. The minimum absolute atomic E-state index is 0. The van der Waals surface area contributed by atoms with E-state index < -0.39 is 0 Å². The van der Waals surface area contributed by atoms with E-state index in [9.17, 15) is 14.7 Å². The lowest BCUT2D eigenvalue weighted by atomic mass is 9.90. The number of anilines is 3. The van der Waals surface area contributed by atoms with Gasteiger partial charge in [-0.15, -0.1) is 0 Å². The third kappa shape index (κ3) is 6.26. The fourth-order valence-corrected chi connectivity index (χ4v) is 7.95. The highest BCUT2D eigenvalue weighted by Gasteiger charge is 2.33. The number of nitrogens with one attached hydrogen (secondary N) is 1. The van der Waals surface area contributed by atoms with Crippen LogP contribution in [0.1, 0.15) is 44.5 Å². The lowest BCUT2D eigenvalue weighted by molar-refractivity contribution is -0.0691. The van der Waals surface area contributed by atoms with E-state index in [0.29, 0.717) is 58.2 Å². The van der Waals surface area contributed by atoms with Crippen molar-refractivity contribution in [3.63, 3.8) is 0 Å². The fourth-order valence-electron chi connectivity index (χ4n) is 7.95. The summed E-state index contributed by atoms with van der Waals surface area (Å²) in [5.74, 6) is 0.917. The van der Waals surface area contributed by atoms with Crippen LogP contribution in [-0.2, 0) is 30.7 Å². The zero-order valence-electron chi connectivity index (χ0n) is 29.6. The minimum Gasteiger partial charge on any atom is -0.392 e. The minimum atomic E-state index is -0.347. The largest absolute Gasteiger partial charge is 0.392 e. The molecule has 5 aromatic heterocycles. The maximum atomic E-state index is 13.9. The third-order valence-corrected chi connectivity index (χ3v) is 10.6. The fraction of sp³-hybridized carbons (Fsp3) is 0.421. The molecule has 12 nitrogen and oxygen atoms in total. The molecule has 1 aliphatic carbocycles. The normalized spacial score (nSPS) is 18.8. The maximum absolute atomic E-state index is 13.9. The first-order chi connectivity index (χ1) is 24.1. The zero-order chi connectivity index (χ0) is 34.7. The first-order valence-electron chi connectivity index (χ1n) is 17.5. The molecule has 2 aliphatic heterocycles. The molecular formula is C38H46N8O4S. The molecule has 0 radical (unpaired) electrons. The number of hydrogen-bond donors (Lipinski definition) is 2. The second kappa shape index (κ2) is 13.6. The number of pyridine rings is 3. The van der Waals surface area contributed by atoms with Gasteiger partial charge in [0.05, 0.1) is 37.7 Å². The van der Waals surface area contributed by atoms with E-state index in [4.69, 9.17) is 4.74 Å². The Bertz CT molecular complexity index is 2200. The highest BCUT2D eigenvalue weighted by atomic mass is 32.1. The molecule has 8 rings (SSSR count). The highest BCUT2D eigenvalue weighted by molar-refractivity contribution is 7.59. The number of aromatic nitrogens is 5. The number of piperazine rings is 1. The van der Waals surface area contributed by atoms with Gasteiger partial charge in [-0.3, -0.25) is 19.1 Å². The SMILES string of the molecule is CCn1cc(-c2ccnc(-n3ccn4c5c(cc4c3=O)CC(C)(C)C5)c2CO)cc(Nc2ccc(N3CCN(C4COC4)C[C@@H]3C)cn2)c1=O.S. The third-order valence-electron chi connectivity index (χ3n) is 10.6. The molecule has 2 saturated heterocycles. The summed E-state index contributed by atoms with van der Waals surface area (Å²) in [7, 11) is 0. The van der Waals surface area contributed by atoms with Crippen molar-refractivity contribution in [3.05, 3.63) is 98.8 Å². The Morgan fingerprint density at radius 3 is 2.55 bits per heavy atom. The summed E-state index contributed by atoms with van der Waals surface area (Å²) in [5.41, 5.74) is 6.05. The molecule has 5 aromatic rings. The Balaban J connectivity index is 0.00000406. The molecule has 268 valence electrons. The highest BCUT2D eigenvalue weighted by Crippen LogP contribution is 2.37. The van der Waals surface area contributed by atoms with E-state index in [1.807, 2.05) is 48.0 Å². The molecule has 0 bridgehead atoms. The zero-order valence-corrected chi connectivity index (χ0v) is 30.6. The lowest BCUT2D eigenvalue weighted by Crippen LogP contribution is -2.59. The van der Waals surface area contributed by atoms with Gasteiger partial charge in [-0.1, -0.05) is 13.8 Å². The quantitative estimate of drug-likeness (QED) is 0.245. The van der Waals surface area contributed by atoms with Crippen LogP contribution in [0, 0.1) is 5.41 Å². The van der Waals surface area contributed by atoms with Crippen molar-refractivity contribution in [1.29, 1.82) is 0 Å². The molecule has 0 saturated carbocycles. The van der Waals surface area contributed by atoms with Crippen LogP contribution in [0.5, 0.6) is 0 Å². The number of aliphatic hydroxyl groups is 1. The number of aryl methyl sites for hydroxylation is 1. The van der Waals surface area contributed by atoms with Crippen molar-refractivity contribution in [2.75, 3.05) is 43.1 Å². The van der Waals surface area contributed by atoms with E-state index in [1.165, 1.54) is 15.8 Å². The Kier molecular flexibility index (Phi) is 9.34. The van der Waals surface area contributed by atoms with Crippen LogP contribution in [0.3, 0.4) is 0 Å². The Morgan fingerprint density at radius 2 is 1.86 bits per heavy atom. The van der Waals surface area contributed by atoms with E-state index >= 15 is 0 Å². The van der Waals surface area contributed by atoms with Gasteiger partial charge < -0.3 is 29.0 Å². The van der Waals surface area contributed by atoms with Gasteiger partial charge in [0.2, 0.25) is 0 Å². The standard InChI is InChI=1S/C38H44N8O4.H2S/c1-5-42-20-26(14-31(36(42)48)41-34-7-6-27(18-40-34)44-11-10-43(19-24(44)2)28-22-50-23-28)29-8-9-39-35(30(29)21-47)46-13-12-45-32(37(46)49)15-25-16-38(3,4)17-33(25)45;/h6-9,12-15,18,20,24,28,47H,5,10-11,16-17,19,21-23H2,1-4H3,(H,40,41);1H2/t24-;/m0./s1. The molecule has 0 spiro atoms. The summed E-state index contributed by atoms with van der Waals surface area (Å²) >= 11 is 0. The van der Waals surface area contributed by atoms with Crippen LogP contribution in [0.15, 0.2) is 70.9 Å². The number of fused-ring (bicyclic) bond motifs is 3. The van der Waals surface area contributed by atoms with E-state index in [0.717, 1.165) is 51.4 Å². The van der Waals surface area contributed by atoms with Gasteiger partial charge in [0.15, 0.2) is 0 Å². The summed E-state index contributed by atoms with van der Waals surface area (Å²) in [6.07, 6.45) is 10.8. The molecule has 3 aliphatic rings. The van der Waals surface area contributed by atoms with Crippen molar-refractivity contribution >= 4 is 36.2 Å². The average Bonchev–Trinajstić information content (AvgIpc) is 3.57. The van der Waals surface area contributed by atoms with Crippen molar-refractivity contribution < 1.29 is 9.84 Å². The summed E-state index contributed by atoms with van der Waals surface area (Å²) in [4.78, 5) is 41.5. The van der Waals surface area contributed by atoms with E-state index in [1.54, 1.807) is 29.2 Å². The number of hydrogen-bond acceptors (Lipinski definition) is 9. The van der Waals surface area contributed by atoms with E-state index in [2.05, 4.69) is 45.9 Å². The predicted octanol–water partition coefficient (Wildman–Crippen LogP) is 4.11. The van der Waals surface area contributed by atoms with Gasteiger partial charge in [0, 0.05) is 73.8 Å². The summed E-state index contributed by atoms with van der Waals surface area (Å²) < 4.78 is 10.5. The average molecular weight is 711 g/mol. The van der Waals surface area contributed by atoms with Gasteiger partial charge in [-0.25, -0.2) is 9.97 Å². The van der Waals surface area contributed by atoms with Gasteiger partial charge in [-0.2, -0.15) is 13.5 Å². The molecule has 51 heavy (non-hydrogen) atoms. The first kappa shape index (κ1) is 35.0. The monoisotopic (exact) mass is 710 g/mol. The first-order valence-corrected chi connectivity index (χ1v) is 17.5. The molecule has 1 atom stereocenters. The van der Waals surface area contributed by atoms with Crippen LogP contribution in [0.25, 0.3) is 22.5 Å². The van der Waals surface area contributed by atoms with Crippen LogP contribution >= 0.6 is 13.5 Å². The number of ether oxygens (including phenoxy) is 1. The van der Waals surface area contributed by atoms with Gasteiger partial charge >= 0.3 is 0 Å². The Hall–Kier alpha value is -4.43. The number of aliphatic hydroxyl groups excluding tert-OH is 1.